The SMILES string of the molecule is Cn1cc(C=N)c2ccccc21.O=C(O)c1ccccc1. The number of benzene rings is 2. The lowest BCUT2D eigenvalue weighted by Gasteiger charge is -1.92. The average molecular weight is 280 g/mol. The molecule has 106 valence electrons. The summed E-state index contributed by atoms with van der Waals surface area (Å²) in [6.07, 6.45) is 3.36. The Labute approximate surface area is 122 Å². The lowest BCUT2D eigenvalue weighted by molar-refractivity contribution is 0.0697. The van der Waals surface area contributed by atoms with Crippen LogP contribution in [0.2, 0.25) is 0 Å². The number of hydrogen-bond donors (Lipinski definition) is 2. The van der Waals surface area contributed by atoms with Gasteiger partial charge in [0.1, 0.15) is 0 Å². The van der Waals surface area contributed by atoms with Crippen LogP contribution in [0, 0.1) is 5.41 Å². The summed E-state index contributed by atoms with van der Waals surface area (Å²) in [7, 11) is 2.00. The molecule has 21 heavy (non-hydrogen) atoms. The van der Waals surface area contributed by atoms with Crippen molar-refractivity contribution < 1.29 is 9.90 Å². The summed E-state index contributed by atoms with van der Waals surface area (Å²) >= 11 is 0. The summed E-state index contributed by atoms with van der Waals surface area (Å²) in [5, 5.41) is 16.7. The molecule has 0 aliphatic carbocycles. The van der Waals surface area contributed by atoms with Gasteiger partial charge in [0.15, 0.2) is 0 Å². The second-order valence-electron chi connectivity index (χ2n) is 4.53. The Morgan fingerprint density at radius 3 is 2.29 bits per heavy atom. The number of nitrogens with zero attached hydrogens (tertiary/aromatic N) is 1. The molecule has 4 heteroatoms. The van der Waals surface area contributed by atoms with Crippen LogP contribution in [-0.4, -0.2) is 21.9 Å². The van der Waals surface area contributed by atoms with E-state index in [1.165, 1.54) is 11.7 Å². The van der Waals surface area contributed by atoms with Gasteiger partial charge in [-0.05, 0) is 18.2 Å². The zero-order valence-electron chi connectivity index (χ0n) is 11.7. The van der Waals surface area contributed by atoms with Crippen molar-refractivity contribution in [1.82, 2.24) is 4.57 Å². The van der Waals surface area contributed by atoms with Crippen LogP contribution in [0.1, 0.15) is 15.9 Å². The first-order valence-electron chi connectivity index (χ1n) is 6.46. The summed E-state index contributed by atoms with van der Waals surface area (Å²) in [5.41, 5.74) is 2.49. The van der Waals surface area contributed by atoms with Crippen molar-refractivity contribution in [3.63, 3.8) is 0 Å². The molecule has 0 radical (unpaired) electrons. The van der Waals surface area contributed by atoms with Crippen LogP contribution < -0.4 is 0 Å². The van der Waals surface area contributed by atoms with Gasteiger partial charge in [0.05, 0.1) is 5.56 Å². The fourth-order valence-corrected chi connectivity index (χ4v) is 2.07. The van der Waals surface area contributed by atoms with Crippen LogP contribution in [-0.2, 0) is 7.05 Å². The van der Waals surface area contributed by atoms with Gasteiger partial charge in [-0.2, -0.15) is 0 Å². The molecule has 0 saturated carbocycles. The molecule has 3 aromatic rings. The van der Waals surface area contributed by atoms with Gasteiger partial charge in [-0.1, -0.05) is 36.4 Å². The molecular formula is C17H16N2O2. The normalized spacial score (nSPS) is 9.76. The van der Waals surface area contributed by atoms with E-state index in [1.54, 1.807) is 30.3 Å². The molecule has 0 aliphatic rings. The Bertz CT molecular complexity index is 761. The quantitative estimate of drug-likeness (QED) is 0.705. The van der Waals surface area contributed by atoms with Crippen LogP contribution in [0.5, 0.6) is 0 Å². The van der Waals surface area contributed by atoms with Gasteiger partial charge in [0.25, 0.3) is 0 Å². The van der Waals surface area contributed by atoms with Gasteiger partial charge < -0.3 is 15.1 Å². The first-order chi connectivity index (χ1) is 10.1. The summed E-state index contributed by atoms with van der Waals surface area (Å²) in [4.78, 5) is 10.2. The van der Waals surface area contributed by atoms with Gasteiger partial charge in [0, 0.05) is 35.9 Å². The van der Waals surface area contributed by atoms with Crippen LogP contribution in [0.25, 0.3) is 10.9 Å². The molecule has 0 spiro atoms. The number of carbonyl (C=O) groups is 1. The minimum atomic E-state index is -0.879. The third-order valence-corrected chi connectivity index (χ3v) is 3.10. The van der Waals surface area contributed by atoms with E-state index in [2.05, 4.69) is 6.07 Å². The molecule has 0 fully saturated rings. The Morgan fingerprint density at radius 1 is 1.10 bits per heavy atom. The van der Waals surface area contributed by atoms with E-state index in [1.807, 2.05) is 36.0 Å². The van der Waals surface area contributed by atoms with Crippen molar-refractivity contribution >= 4 is 23.1 Å². The average Bonchev–Trinajstić information content (AvgIpc) is 2.86. The summed E-state index contributed by atoms with van der Waals surface area (Å²) in [6, 6.07) is 16.4. The van der Waals surface area contributed by atoms with Gasteiger partial charge >= 0.3 is 5.97 Å². The predicted octanol–water partition coefficient (Wildman–Crippen LogP) is 3.56. The van der Waals surface area contributed by atoms with Crippen molar-refractivity contribution in [2.45, 2.75) is 0 Å². The highest BCUT2D eigenvalue weighted by atomic mass is 16.4. The molecule has 1 aromatic heterocycles. The zero-order chi connectivity index (χ0) is 15.2. The maximum absolute atomic E-state index is 10.2. The molecule has 0 unspecified atom stereocenters. The van der Waals surface area contributed by atoms with Crippen molar-refractivity contribution in [2.75, 3.05) is 0 Å². The lowest BCUT2D eigenvalue weighted by atomic mass is 10.2. The Kier molecular flexibility index (Phi) is 4.51. The first-order valence-corrected chi connectivity index (χ1v) is 6.46. The third kappa shape index (κ3) is 3.36. The molecule has 0 bridgehead atoms. The Morgan fingerprint density at radius 2 is 1.71 bits per heavy atom. The smallest absolute Gasteiger partial charge is 0.335 e. The number of aryl methyl sites for hydroxylation is 1. The number of aromatic nitrogens is 1. The van der Waals surface area contributed by atoms with E-state index in [4.69, 9.17) is 10.5 Å². The van der Waals surface area contributed by atoms with Crippen molar-refractivity contribution in [3.8, 4) is 0 Å². The van der Waals surface area contributed by atoms with E-state index >= 15 is 0 Å². The Balaban J connectivity index is 0.000000161. The van der Waals surface area contributed by atoms with E-state index in [-0.39, 0.29) is 0 Å². The van der Waals surface area contributed by atoms with Gasteiger partial charge in [-0.15, -0.1) is 0 Å². The van der Waals surface area contributed by atoms with Crippen molar-refractivity contribution in [1.29, 1.82) is 5.41 Å². The van der Waals surface area contributed by atoms with Crippen LogP contribution in [0.3, 0.4) is 0 Å². The number of para-hydroxylation sites is 1. The minimum Gasteiger partial charge on any atom is -0.478 e. The molecule has 1 heterocycles. The topological polar surface area (TPSA) is 66.1 Å². The summed E-state index contributed by atoms with van der Waals surface area (Å²) in [6.45, 7) is 0. The number of carboxylic acids is 1. The minimum absolute atomic E-state index is 0.331. The summed E-state index contributed by atoms with van der Waals surface area (Å²) < 4.78 is 2.04. The lowest BCUT2D eigenvalue weighted by Crippen LogP contribution is -1.93. The van der Waals surface area contributed by atoms with E-state index < -0.39 is 5.97 Å². The molecule has 4 nitrogen and oxygen atoms in total. The van der Waals surface area contributed by atoms with E-state index in [9.17, 15) is 4.79 Å². The Hall–Kier alpha value is -2.88. The molecule has 0 amide bonds. The maximum atomic E-state index is 10.2. The highest BCUT2D eigenvalue weighted by molar-refractivity contribution is 5.98. The predicted molar refractivity (Wildman–Crippen MR) is 84.2 cm³/mol. The van der Waals surface area contributed by atoms with E-state index in [0.717, 1.165) is 10.9 Å². The highest BCUT2D eigenvalue weighted by Gasteiger charge is 2.01. The number of fused-ring (bicyclic) bond motifs is 1. The number of rotatable bonds is 2. The van der Waals surface area contributed by atoms with Crippen molar-refractivity contribution in [3.05, 3.63) is 71.9 Å². The van der Waals surface area contributed by atoms with Crippen LogP contribution in [0.15, 0.2) is 60.8 Å². The first kappa shape index (κ1) is 14.5. The fraction of sp³-hybridized carbons (Fsp3) is 0.0588. The molecular weight excluding hydrogens is 264 g/mol. The molecule has 0 atom stereocenters. The number of hydrogen-bond acceptors (Lipinski definition) is 2. The number of aromatic carboxylic acids is 1. The van der Waals surface area contributed by atoms with Crippen LogP contribution >= 0.6 is 0 Å². The van der Waals surface area contributed by atoms with Crippen LogP contribution in [0.4, 0.5) is 0 Å². The number of carboxylic acid groups (broad SMARTS) is 1. The molecule has 2 N–H and O–H groups in total. The van der Waals surface area contributed by atoms with E-state index in [0.29, 0.717) is 5.56 Å². The maximum Gasteiger partial charge on any atom is 0.335 e. The highest BCUT2D eigenvalue weighted by Crippen LogP contribution is 2.17. The second-order valence-corrected chi connectivity index (χ2v) is 4.53. The summed E-state index contributed by atoms with van der Waals surface area (Å²) in [5.74, 6) is -0.879. The number of nitrogens with one attached hydrogen (secondary N) is 1. The second kappa shape index (κ2) is 6.52. The van der Waals surface area contributed by atoms with Gasteiger partial charge in [-0.25, -0.2) is 4.79 Å². The van der Waals surface area contributed by atoms with Gasteiger partial charge in [0.2, 0.25) is 0 Å². The molecule has 3 rings (SSSR count). The monoisotopic (exact) mass is 280 g/mol. The zero-order valence-corrected chi connectivity index (χ0v) is 11.7. The largest absolute Gasteiger partial charge is 0.478 e. The molecule has 0 aliphatic heterocycles. The molecule has 0 saturated heterocycles. The van der Waals surface area contributed by atoms with Gasteiger partial charge in [-0.3, -0.25) is 0 Å². The molecule has 2 aromatic carbocycles. The fourth-order valence-electron chi connectivity index (χ4n) is 2.07. The van der Waals surface area contributed by atoms with Crippen molar-refractivity contribution in [2.24, 2.45) is 7.05 Å². The third-order valence-electron chi connectivity index (χ3n) is 3.10. The standard InChI is InChI=1S/C10H10N2.C7H6O2/c1-12-7-8(6-11)9-4-2-3-5-10(9)12;8-7(9)6-4-2-1-3-5-6/h2-7,11H,1H3;1-5H,(H,8,9).